The number of aromatic nitrogens is 1. The minimum atomic E-state index is -2.91. The Labute approximate surface area is 129 Å². The lowest BCUT2D eigenvalue weighted by atomic mass is 10.1. The number of pyridine rings is 1. The van der Waals surface area contributed by atoms with E-state index in [4.69, 9.17) is 0 Å². The Balaban J connectivity index is 1.78. The molecule has 1 atom stereocenters. The molecule has 1 amide bonds. The highest BCUT2D eigenvalue weighted by Crippen LogP contribution is 2.20. The van der Waals surface area contributed by atoms with Gasteiger partial charge in [-0.05, 0) is 31.4 Å². The van der Waals surface area contributed by atoms with E-state index in [9.17, 15) is 13.2 Å². The summed E-state index contributed by atoms with van der Waals surface area (Å²) in [4.78, 5) is 16.9. The van der Waals surface area contributed by atoms with Gasteiger partial charge in [-0.1, -0.05) is 18.2 Å². The van der Waals surface area contributed by atoms with Gasteiger partial charge in [0.25, 0.3) is 5.91 Å². The number of fused-ring (bicyclic) bond motifs is 1. The molecule has 5 nitrogen and oxygen atoms in total. The minimum Gasteiger partial charge on any atom is -0.352 e. The van der Waals surface area contributed by atoms with Gasteiger partial charge in [-0.25, -0.2) is 8.42 Å². The Morgan fingerprint density at radius 3 is 2.86 bits per heavy atom. The molecule has 22 heavy (non-hydrogen) atoms. The number of nitrogens with zero attached hydrogens (tertiary/aromatic N) is 1. The summed E-state index contributed by atoms with van der Waals surface area (Å²) < 4.78 is 22.9. The molecule has 1 N–H and O–H groups in total. The average molecular weight is 318 g/mol. The van der Waals surface area contributed by atoms with E-state index in [0.717, 1.165) is 16.6 Å². The highest BCUT2D eigenvalue weighted by Gasteiger charge is 2.28. The van der Waals surface area contributed by atoms with Crippen molar-refractivity contribution in [2.24, 2.45) is 5.92 Å². The van der Waals surface area contributed by atoms with Crippen molar-refractivity contribution >= 4 is 26.6 Å². The fourth-order valence-corrected chi connectivity index (χ4v) is 4.72. The van der Waals surface area contributed by atoms with E-state index < -0.39 is 9.84 Å². The van der Waals surface area contributed by atoms with Crippen LogP contribution in [0.2, 0.25) is 0 Å². The van der Waals surface area contributed by atoms with E-state index in [-0.39, 0.29) is 23.3 Å². The molecular formula is C16H18N2O3S. The van der Waals surface area contributed by atoms with E-state index >= 15 is 0 Å². The summed E-state index contributed by atoms with van der Waals surface area (Å²) in [5.74, 6) is 0.239. The van der Waals surface area contributed by atoms with Gasteiger partial charge >= 0.3 is 0 Å². The monoisotopic (exact) mass is 318 g/mol. The number of rotatable bonds is 3. The lowest BCUT2D eigenvalue weighted by molar-refractivity contribution is 0.0950. The molecule has 2 heterocycles. The second-order valence-corrected chi connectivity index (χ2v) is 8.04. The summed E-state index contributed by atoms with van der Waals surface area (Å²) >= 11 is 0. The average Bonchev–Trinajstić information content (AvgIpc) is 2.83. The molecule has 0 spiro atoms. The highest BCUT2D eigenvalue weighted by molar-refractivity contribution is 7.91. The molecule has 2 aromatic rings. The smallest absolute Gasteiger partial charge is 0.252 e. The second-order valence-electron chi connectivity index (χ2n) is 5.81. The first-order valence-corrected chi connectivity index (χ1v) is 9.12. The SMILES string of the molecule is Cc1cc(C(=O)NCC2CCS(=O)(=O)C2)c2ccccc2n1. The zero-order chi connectivity index (χ0) is 15.7. The van der Waals surface area contributed by atoms with Crippen molar-refractivity contribution < 1.29 is 13.2 Å². The van der Waals surface area contributed by atoms with Crippen molar-refractivity contribution in [3.63, 3.8) is 0 Å². The van der Waals surface area contributed by atoms with Gasteiger partial charge in [0, 0.05) is 17.6 Å². The van der Waals surface area contributed by atoms with Crippen molar-refractivity contribution in [2.45, 2.75) is 13.3 Å². The molecule has 1 fully saturated rings. The molecule has 0 aliphatic carbocycles. The molecule has 1 aliphatic rings. The van der Waals surface area contributed by atoms with Gasteiger partial charge in [-0.2, -0.15) is 0 Å². The van der Waals surface area contributed by atoms with E-state index in [0.29, 0.717) is 18.5 Å². The van der Waals surface area contributed by atoms with Crippen LogP contribution in [0.1, 0.15) is 22.5 Å². The molecule has 0 saturated carbocycles. The van der Waals surface area contributed by atoms with Crippen molar-refractivity contribution in [1.82, 2.24) is 10.3 Å². The minimum absolute atomic E-state index is 0.0168. The van der Waals surface area contributed by atoms with Crippen LogP contribution in [0, 0.1) is 12.8 Å². The molecule has 1 unspecified atom stereocenters. The van der Waals surface area contributed by atoms with Gasteiger partial charge in [0.2, 0.25) is 0 Å². The van der Waals surface area contributed by atoms with Crippen LogP contribution in [-0.2, 0) is 9.84 Å². The third-order valence-corrected chi connectivity index (χ3v) is 5.80. The maximum Gasteiger partial charge on any atom is 0.252 e. The summed E-state index contributed by atoms with van der Waals surface area (Å²) in [6.45, 7) is 2.25. The zero-order valence-electron chi connectivity index (χ0n) is 12.4. The predicted molar refractivity (Wildman–Crippen MR) is 85.6 cm³/mol. The third-order valence-electron chi connectivity index (χ3n) is 3.97. The first kappa shape index (κ1) is 15.0. The Hall–Kier alpha value is -1.95. The van der Waals surface area contributed by atoms with Gasteiger partial charge < -0.3 is 5.32 Å². The fraction of sp³-hybridized carbons (Fsp3) is 0.375. The number of hydrogen-bond donors (Lipinski definition) is 1. The Morgan fingerprint density at radius 1 is 1.36 bits per heavy atom. The number of benzene rings is 1. The summed E-state index contributed by atoms with van der Waals surface area (Å²) in [5, 5.41) is 3.68. The summed E-state index contributed by atoms with van der Waals surface area (Å²) in [7, 11) is -2.91. The fourth-order valence-electron chi connectivity index (χ4n) is 2.86. The standard InChI is InChI=1S/C16H18N2O3S/c1-11-8-14(13-4-2-3-5-15(13)18-11)16(19)17-9-12-6-7-22(20,21)10-12/h2-5,8,12H,6-7,9-10H2,1H3,(H,17,19). The topological polar surface area (TPSA) is 76.1 Å². The lowest BCUT2D eigenvalue weighted by Gasteiger charge is -2.11. The summed E-state index contributed by atoms with van der Waals surface area (Å²) in [5.41, 5.74) is 2.16. The van der Waals surface area contributed by atoms with Crippen molar-refractivity contribution in [3.8, 4) is 0 Å². The molecule has 1 aromatic carbocycles. The van der Waals surface area contributed by atoms with Crippen LogP contribution in [0.25, 0.3) is 10.9 Å². The highest BCUT2D eigenvalue weighted by atomic mass is 32.2. The molecule has 3 rings (SSSR count). The van der Waals surface area contributed by atoms with E-state index in [1.54, 1.807) is 6.07 Å². The van der Waals surface area contributed by atoms with Crippen LogP contribution in [0.3, 0.4) is 0 Å². The summed E-state index contributed by atoms with van der Waals surface area (Å²) in [6, 6.07) is 9.28. The van der Waals surface area contributed by atoms with Crippen molar-refractivity contribution in [2.75, 3.05) is 18.1 Å². The molecule has 0 bridgehead atoms. The van der Waals surface area contributed by atoms with Crippen LogP contribution in [0.5, 0.6) is 0 Å². The van der Waals surface area contributed by atoms with Crippen LogP contribution >= 0.6 is 0 Å². The number of para-hydroxylation sites is 1. The van der Waals surface area contributed by atoms with Crippen LogP contribution in [0.4, 0.5) is 0 Å². The molecule has 6 heteroatoms. The zero-order valence-corrected chi connectivity index (χ0v) is 13.2. The molecular weight excluding hydrogens is 300 g/mol. The molecule has 1 aliphatic heterocycles. The number of nitrogens with one attached hydrogen (secondary N) is 1. The van der Waals surface area contributed by atoms with Crippen molar-refractivity contribution in [1.29, 1.82) is 0 Å². The van der Waals surface area contributed by atoms with Gasteiger partial charge in [0.1, 0.15) is 0 Å². The first-order valence-electron chi connectivity index (χ1n) is 7.30. The number of aryl methyl sites for hydroxylation is 1. The first-order chi connectivity index (χ1) is 10.4. The van der Waals surface area contributed by atoms with Gasteiger partial charge in [-0.3, -0.25) is 9.78 Å². The third kappa shape index (κ3) is 3.11. The Bertz CT molecular complexity index is 830. The summed E-state index contributed by atoms with van der Waals surface area (Å²) in [6.07, 6.45) is 0.624. The van der Waals surface area contributed by atoms with Gasteiger partial charge in [-0.15, -0.1) is 0 Å². The quantitative estimate of drug-likeness (QED) is 0.934. The Kier molecular flexibility index (Phi) is 3.87. The second kappa shape index (κ2) is 5.68. The Morgan fingerprint density at radius 2 is 2.14 bits per heavy atom. The normalized spacial score (nSPS) is 20.1. The molecule has 1 aromatic heterocycles. The largest absolute Gasteiger partial charge is 0.352 e. The lowest BCUT2D eigenvalue weighted by Crippen LogP contribution is -2.30. The number of hydrogen-bond acceptors (Lipinski definition) is 4. The maximum atomic E-state index is 12.4. The molecule has 116 valence electrons. The van der Waals surface area contributed by atoms with Gasteiger partial charge in [0.05, 0.1) is 22.6 Å². The van der Waals surface area contributed by atoms with E-state index in [2.05, 4.69) is 10.3 Å². The number of amides is 1. The number of carbonyl (C=O) groups excluding carboxylic acids is 1. The van der Waals surface area contributed by atoms with Crippen LogP contribution < -0.4 is 5.32 Å². The molecule has 1 saturated heterocycles. The van der Waals surface area contributed by atoms with Gasteiger partial charge in [0.15, 0.2) is 9.84 Å². The predicted octanol–water partition coefficient (Wildman–Crippen LogP) is 1.71. The van der Waals surface area contributed by atoms with Crippen LogP contribution in [-0.4, -0.2) is 37.4 Å². The number of carbonyl (C=O) groups is 1. The maximum absolute atomic E-state index is 12.4. The van der Waals surface area contributed by atoms with Crippen molar-refractivity contribution in [3.05, 3.63) is 41.6 Å². The van der Waals surface area contributed by atoms with E-state index in [1.807, 2.05) is 31.2 Å². The molecule has 0 radical (unpaired) electrons. The number of sulfone groups is 1. The van der Waals surface area contributed by atoms with Crippen LogP contribution in [0.15, 0.2) is 30.3 Å². The van der Waals surface area contributed by atoms with E-state index in [1.165, 1.54) is 0 Å².